The van der Waals surface area contributed by atoms with Crippen LogP contribution in [0.3, 0.4) is 0 Å². The lowest BCUT2D eigenvalue weighted by Crippen LogP contribution is -2.37. The van der Waals surface area contributed by atoms with E-state index in [0.717, 1.165) is 24.9 Å². The summed E-state index contributed by atoms with van der Waals surface area (Å²) in [5, 5.41) is 2.80. The molecule has 0 bridgehead atoms. The summed E-state index contributed by atoms with van der Waals surface area (Å²) in [4.78, 5) is 25.5. The molecule has 3 rings (SSSR count). The van der Waals surface area contributed by atoms with Crippen molar-refractivity contribution in [1.29, 1.82) is 0 Å². The zero-order valence-corrected chi connectivity index (χ0v) is 12.0. The summed E-state index contributed by atoms with van der Waals surface area (Å²) < 4.78 is 5.35. The van der Waals surface area contributed by atoms with Crippen molar-refractivity contribution in [3.63, 3.8) is 0 Å². The molecule has 21 heavy (non-hydrogen) atoms. The van der Waals surface area contributed by atoms with E-state index in [2.05, 4.69) is 5.32 Å². The predicted octanol–water partition coefficient (Wildman–Crippen LogP) is 1.25. The van der Waals surface area contributed by atoms with E-state index in [-0.39, 0.29) is 11.8 Å². The van der Waals surface area contributed by atoms with Crippen LogP contribution in [0.4, 0.5) is 11.4 Å². The van der Waals surface area contributed by atoms with Crippen LogP contribution in [0.2, 0.25) is 0 Å². The fraction of sp³-hybridized carbons (Fsp3) is 0.467. The highest BCUT2D eigenvalue weighted by Gasteiger charge is 2.46. The van der Waals surface area contributed by atoms with Gasteiger partial charge in [-0.2, -0.15) is 0 Å². The van der Waals surface area contributed by atoms with Crippen molar-refractivity contribution in [2.45, 2.75) is 31.2 Å². The zero-order chi connectivity index (χ0) is 15.0. The number of carbonyl (C=O) groups is 2. The average molecular weight is 289 g/mol. The van der Waals surface area contributed by atoms with Crippen LogP contribution < -0.4 is 20.7 Å². The zero-order valence-electron chi connectivity index (χ0n) is 12.0. The van der Waals surface area contributed by atoms with Crippen LogP contribution in [0.1, 0.15) is 25.7 Å². The standard InChI is InChI=1S/C15H19N3O3/c1-21-12-9-10(17-14(20)15(16)6-7-15)4-5-11(12)18-8-2-3-13(18)19/h4-5,9H,2-3,6-8,16H2,1H3,(H,17,20). The van der Waals surface area contributed by atoms with Crippen LogP contribution in [0.25, 0.3) is 0 Å². The van der Waals surface area contributed by atoms with Gasteiger partial charge < -0.3 is 20.7 Å². The number of ether oxygens (including phenoxy) is 1. The molecule has 1 aromatic carbocycles. The Bertz CT molecular complexity index is 596. The quantitative estimate of drug-likeness (QED) is 0.873. The van der Waals surface area contributed by atoms with Crippen LogP contribution in [-0.4, -0.2) is 31.0 Å². The molecule has 1 aliphatic carbocycles. The van der Waals surface area contributed by atoms with Gasteiger partial charge in [0.15, 0.2) is 0 Å². The van der Waals surface area contributed by atoms with Crippen LogP contribution >= 0.6 is 0 Å². The Morgan fingerprint density at radius 3 is 2.76 bits per heavy atom. The van der Waals surface area contributed by atoms with Gasteiger partial charge in [0.1, 0.15) is 5.75 Å². The van der Waals surface area contributed by atoms with Gasteiger partial charge in [-0.15, -0.1) is 0 Å². The largest absolute Gasteiger partial charge is 0.494 e. The minimum atomic E-state index is -0.711. The maximum Gasteiger partial charge on any atom is 0.244 e. The lowest BCUT2D eigenvalue weighted by molar-refractivity contribution is -0.118. The van der Waals surface area contributed by atoms with Crippen LogP contribution in [0, 0.1) is 0 Å². The molecule has 0 atom stereocenters. The summed E-state index contributed by atoms with van der Waals surface area (Å²) in [6.45, 7) is 0.701. The Balaban J connectivity index is 1.81. The highest BCUT2D eigenvalue weighted by molar-refractivity contribution is 6.01. The lowest BCUT2D eigenvalue weighted by atomic mass is 10.2. The first-order valence-electron chi connectivity index (χ1n) is 7.12. The molecule has 1 saturated heterocycles. The molecule has 1 aromatic rings. The van der Waals surface area contributed by atoms with Gasteiger partial charge in [0.2, 0.25) is 11.8 Å². The Morgan fingerprint density at radius 2 is 2.19 bits per heavy atom. The number of nitrogens with one attached hydrogen (secondary N) is 1. The molecule has 2 fully saturated rings. The number of hydrogen-bond donors (Lipinski definition) is 2. The molecule has 0 spiro atoms. The molecular weight excluding hydrogens is 270 g/mol. The number of hydrogen-bond acceptors (Lipinski definition) is 4. The summed E-state index contributed by atoms with van der Waals surface area (Å²) in [6.07, 6.45) is 2.86. The van der Waals surface area contributed by atoms with E-state index in [1.54, 1.807) is 30.2 Å². The van der Waals surface area contributed by atoms with Crippen molar-refractivity contribution in [3.8, 4) is 5.75 Å². The lowest BCUT2D eigenvalue weighted by Gasteiger charge is -2.20. The molecular formula is C15H19N3O3. The molecule has 3 N–H and O–H groups in total. The molecule has 2 aliphatic rings. The average Bonchev–Trinajstić information content (AvgIpc) is 3.09. The minimum absolute atomic E-state index is 0.101. The van der Waals surface area contributed by atoms with E-state index in [1.165, 1.54) is 0 Å². The van der Waals surface area contributed by atoms with E-state index in [0.29, 0.717) is 24.4 Å². The first kappa shape index (κ1) is 13.9. The summed E-state index contributed by atoms with van der Waals surface area (Å²) in [6, 6.07) is 5.30. The Labute approximate surface area is 123 Å². The van der Waals surface area contributed by atoms with Gasteiger partial charge in [0.05, 0.1) is 18.3 Å². The smallest absolute Gasteiger partial charge is 0.244 e. The molecule has 6 nitrogen and oxygen atoms in total. The van der Waals surface area contributed by atoms with Crippen LogP contribution in [0.15, 0.2) is 18.2 Å². The van der Waals surface area contributed by atoms with Crippen molar-refractivity contribution in [3.05, 3.63) is 18.2 Å². The van der Waals surface area contributed by atoms with Crippen molar-refractivity contribution in [2.75, 3.05) is 23.9 Å². The second-order valence-corrected chi connectivity index (χ2v) is 5.65. The van der Waals surface area contributed by atoms with Gasteiger partial charge in [0.25, 0.3) is 0 Å². The number of nitrogens with zero attached hydrogens (tertiary/aromatic N) is 1. The molecule has 112 valence electrons. The fourth-order valence-corrected chi connectivity index (χ4v) is 2.50. The van der Waals surface area contributed by atoms with Gasteiger partial charge in [-0.25, -0.2) is 0 Å². The van der Waals surface area contributed by atoms with Gasteiger partial charge in [-0.1, -0.05) is 0 Å². The number of rotatable bonds is 4. The number of anilines is 2. The highest BCUT2D eigenvalue weighted by atomic mass is 16.5. The van der Waals surface area contributed by atoms with Crippen molar-refractivity contribution >= 4 is 23.2 Å². The van der Waals surface area contributed by atoms with Crippen molar-refractivity contribution in [2.24, 2.45) is 5.73 Å². The Morgan fingerprint density at radius 1 is 1.43 bits per heavy atom. The topological polar surface area (TPSA) is 84.7 Å². The SMILES string of the molecule is COc1cc(NC(=O)C2(N)CC2)ccc1N1CCCC1=O. The fourth-order valence-electron chi connectivity index (χ4n) is 2.50. The number of nitrogens with two attached hydrogens (primary N) is 1. The van der Waals surface area contributed by atoms with Crippen molar-refractivity contribution < 1.29 is 14.3 Å². The number of methoxy groups -OCH3 is 1. The first-order valence-corrected chi connectivity index (χ1v) is 7.12. The van der Waals surface area contributed by atoms with E-state index in [1.807, 2.05) is 0 Å². The monoisotopic (exact) mass is 289 g/mol. The number of amides is 2. The third-order valence-corrected chi connectivity index (χ3v) is 4.04. The molecule has 2 amide bonds. The molecule has 0 aromatic heterocycles. The number of carbonyl (C=O) groups excluding carboxylic acids is 2. The van der Waals surface area contributed by atoms with Crippen molar-refractivity contribution in [1.82, 2.24) is 0 Å². The maximum absolute atomic E-state index is 11.9. The second kappa shape index (κ2) is 5.04. The first-order chi connectivity index (χ1) is 10.0. The predicted molar refractivity (Wildman–Crippen MR) is 79.4 cm³/mol. The third kappa shape index (κ3) is 2.58. The number of benzene rings is 1. The maximum atomic E-state index is 11.9. The van der Waals surface area contributed by atoms with E-state index < -0.39 is 5.54 Å². The Hall–Kier alpha value is -2.08. The van der Waals surface area contributed by atoms with E-state index in [4.69, 9.17) is 10.5 Å². The summed E-state index contributed by atoms with van der Waals surface area (Å²) >= 11 is 0. The Kier molecular flexibility index (Phi) is 3.33. The highest BCUT2D eigenvalue weighted by Crippen LogP contribution is 2.36. The molecule has 1 heterocycles. The van der Waals surface area contributed by atoms with Gasteiger partial charge >= 0.3 is 0 Å². The summed E-state index contributed by atoms with van der Waals surface area (Å²) in [5.41, 5.74) is 6.52. The van der Waals surface area contributed by atoms with Gasteiger partial charge in [0, 0.05) is 24.7 Å². The molecule has 0 unspecified atom stereocenters. The normalized spacial score (nSPS) is 19.5. The minimum Gasteiger partial charge on any atom is -0.494 e. The van der Waals surface area contributed by atoms with Gasteiger partial charge in [-0.3, -0.25) is 9.59 Å². The molecule has 1 aliphatic heterocycles. The second-order valence-electron chi connectivity index (χ2n) is 5.65. The third-order valence-electron chi connectivity index (χ3n) is 4.04. The van der Waals surface area contributed by atoms with Crippen LogP contribution in [-0.2, 0) is 9.59 Å². The molecule has 1 saturated carbocycles. The summed E-state index contributed by atoms with van der Waals surface area (Å²) in [7, 11) is 1.55. The summed E-state index contributed by atoms with van der Waals surface area (Å²) in [5.74, 6) is 0.503. The van der Waals surface area contributed by atoms with E-state index >= 15 is 0 Å². The van der Waals surface area contributed by atoms with Gasteiger partial charge in [-0.05, 0) is 31.4 Å². The molecule has 6 heteroatoms. The van der Waals surface area contributed by atoms with Crippen LogP contribution in [0.5, 0.6) is 5.75 Å². The molecule has 0 radical (unpaired) electrons. The van der Waals surface area contributed by atoms with E-state index in [9.17, 15) is 9.59 Å².